The highest BCUT2D eigenvalue weighted by atomic mass is 79.9. The first kappa shape index (κ1) is 14.8. The highest BCUT2D eigenvalue weighted by molar-refractivity contribution is 9.09. The van der Waals surface area contributed by atoms with Crippen LogP contribution in [0.3, 0.4) is 0 Å². The van der Waals surface area contributed by atoms with Crippen molar-refractivity contribution in [2.24, 2.45) is 5.41 Å². The predicted octanol–water partition coefficient (Wildman–Crippen LogP) is 3.36. The van der Waals surface area contributed by atoms with Crippen LogP contribution in [0.4, 0.5) is 0 Å². The summed E-state index contributed by atoms with van der Waals surface area (Å²) in [7, 11) is 6.83. The van der Waals surface area contributed by atoms with E-state index in [9.17, 15) is 0 Å². The van der Waals surface area contributed by atoms with E-state index in [1.54, 1.807) is 0 Å². The summed E-state index contributed by atoms with van der Waals surface area (Å²) in [6, 6.07) is 0. The van der Waals surface area contributed by atoms with Crippen molar-refractivity contribution in [2.45, 2.75) is 50.5 Å². The van der Waals surface area contributed by atoms with Crippen molar-refractivity contribution in [3.63, 3.8) is 0 Å². The van der Waals surface area contributed by atoms with E-state index >= 15 is 0 Å². The number of hydrogen-bond donors (Lipinski definition) is 0. The summed E-state index contributed by atoms with van der Waals surface area (Å²) in [6.45, 7) is 2.52. The minimum absolute atomic E-state index is 0.473. The van der Waals surface area contributed by atoms with Gasteiger partial charge in [-0.25, -0.2) is 0 Å². The fraction of sp³-hybridized carbons (Fsp3) is 1.00. The van der Waals surface area contributed by atoms with Gasteiger partial charge in [-0.05, 0) is 58.7 Å². The molecule has 0 aromatic carbocycles. The average molecular weight is 317 g/mol. The third-order valence-corrected chi connectivity index (χ3v) is 6.54. The lowest BCUT2D eigenvalue weighted by molar-refractivity contribution is 0.0183. The Balaban J connectivity index is 1.89. The van der Waals surface area contributed by atoms with Crippen molar-refractivity contribution < 1.29 is 0 Å². The molecule has 2 nitrogen and oxygen atoms in total. The molecule has 0 aromatic rings. The lowest BCUT2D eigenvalue weighted by Crippen LogP contribution is -2.57. The standard InChI is InChI=1S/C15H29BrN2/c1-17(2)15(9-6-10-15)13-18(3)12-14(11-16)7-4-5-8-14/h4-13H2,1-3H3. The van der Waals surface area contributed by atoms with Crippen molar-refractivity contribution >= 4 is 15.9 Å². The number of halogens is 1. The normalized spacial score (nSPS) is 25.7. The molecular formula is C15H29BrN2. The van der Waals surface area contributed by atoms with Crippen LogP contribution in [0.25, 0.3) is 0 Å². The third-order valence-electron chi connectivity index (χ3n) is 5.35. The summed E-state index contributed by atoms with van der Waals surface area (Å²) in [5.74, 6) is 0. The van der Waals surface area contributed by atoms with Crippen LogP contribution in [0.1, 0.15) is 44.9 Å². The molecular weight excluding hydrogens is 288 g/mol. The van der Waals surface area contributed by atoms with Crippen molar-refractivity contribution in [1.82, 2.24) is 9.80 Å². The maximum atomic E-state index is 3.76. The predicted molar refractivity (Wildman–Crippen MR) is 82.5 cm³/mol. The molecule has 2 aliphatic carbocycles. The largest absolute Gasteiger partial charge is 0.304 e. The van der Waals surface area contributed by atoms with Gasteiger partial charge in [0.15, 0.2) is 0 Å². The maximum absolute atomic E-state index is 3.76. The van der Waals surface area contributed by atoms with Gasteiger partial charge in [-0.2, -0.15) is 0 Å². The molecule has 106 valence electrons. The lowest BCUT2D eigenvalue weighted by atomic mass is 9.75. The molecule has 2 aliphatic rings. The topological polar surface area (TPSA) is 6.48 Å². The first-order chi connectivity index (χ1) is 8.52. The van der Waals surface area contributed by atoms with E-state index in [2.05, 4.69) is 46.9 Å². The summed E-state index contributed by atoms with van der Waals surface area (Å²) in [6.07, 6.45) is 9.86. The van der Waals surface area contributed by atoms with Crippen LogP contribution >= 0.6 is 15.9 Å². The van der Waals surface area contributed by atoms with E-state index in [1.807, 2.05) is 0 Å². The molecule has 2 saturated carbocycles. The van der Waals surface area contributed by atoms with E-state index in [1.165, 1.54) is 63.4 Å². The Hall–Kier alpha value is 0.400. The number of nitrogens with zero attached hydrogens (tertiary/aromatic N) is 2. The zero-order valence-corrected chi connectivity index (χ0v) is 13.9. The quantitative estimate of drug-likeness (QED) is 0.693. The minimum atomic E-state index is 0.473. The first-order valence-corrected chi connectivity index (χ1v) is 8.56. The molecule has 0 atom stereocenters. The summed E-state index contributed by atoms with van der Waals surface area (Å²) in [5.41, 5.74) is 1.03. The number of likely N-dealkylation sites (N-methyl/N-ethyl adjacent to an activating group) is 2. The molecule has 2 fully saturated rings. The van der Waals surface area contributed by atoms with Crippen LogP contribution in [0.15, 0.2) is 0 Å². The van der Waals surface area contributed by atoms with Gasteiger partial charge < -0.3 is 9.80 Å². The Bertz CT molecular complexity index is 261. The van der Waals surface area contributed by atoms with Gasteiger partial charge in [0, 0.05) is 24.0 Å². The zero-order chi connectivity index (χ0) is 13.2. The van der Waals surface area contributed by atoms with E-state index in [0.29, 0.717) is 11.0 Å². The fourth-order valence-corrected chi connectivity index (χ4v) is 4.66. The molecule has 0 saturated heterocycles. The molecule has 0 aromatic heterocycles. The lowest BCUT2D eigenvalue weighted by Gasteiger charge is -2.50. The average Bonchev–Trinajstić information content (AvgIpc) is 2.72. The van der Waals surface area contributed by atoms with Gasteiger partial charge >= 0.3 is 0 Å². The second-order valence-electron chi connectivity index (χ2n) is 6.99. The highest BCUT2D eigenvalue weighted by Crippen LogP contribution is 2.42. The molecule has 0 aliphatic heterocycles. The van der Waals surface area contributed by atoms with E-state index in [4.69, 9.17) is 0 Å². The molecule has 0 amide bonds. The van der Waals surface area contributed by atoms with Crippen molar-refractivity contribution in [1.29, 1.82) is 0 Å². The van der Waals surface area contributed by atoms with E-state index in [0.717, 1.165) is 0 Å². The Kier molecular flexibility index (Phi) is 4.77. The van der Waals surface area contributed by atoms with Crippen LogP contribution in [-0.2, 0) is 0 Å². The second-order valence-corrected chi connectivity index (χ2v) is 7.55. The molecule has 0 unspecified atom stereocenters. The van der Waals surface area contributed by atoms with Gasteiger partial charge in [0.1, 0.15) is 0 Å². The molecule has 0 radical (unpaired) electrons. The molecule has 3 heteroatoms. The SMILES string of the molecule is CN(CC1(CBr)CCCC1)CC1(N(C)C)CCC1. The number of rotatable bonds is 6. The zero-order valence-electron chi connectivity index (χ0n) is 12.3. The molecule has 0 spiro atoms. The Morgan fingerprint density at radius 2 is 1.50 bits per heavy atom. The summed E-state index contributed by atoms with van der Waals surface area (Å²) < 4.78 is 0. The molecule has 0 N–H and O–H groups in total. The summed E-state index contributed by atoms with van der Waals surface area (Å²) in [4.78, 5) is 5.06. The smallest absolute Gasteiger partial charge is 0.0330 e. The Labute approximate surface area is 121 Å². The summed E-state index contributed by atoms with van der Waals surface area (Å²) in [5, 5.41) is 1.18. The van der Waals surface area contributed by atoms with Crippen LogP contribution in [0.2, 0.25) is 0 Å². The first-order valence-electron chi connectivity index (χ1n) is 7.44. The van der Waals surface area contributed by atoms with Crippen LogP contribution < -0.4 is 0 Å². The van der Waals surface area contributed by atoms with Crippen LogP contribution in [0.5, 0.6) is 0 Å². The van der Waals surface area contributed by atoms with Crippen molar-refractivity contribution in [2.75, 3.05) is 39.6 Å². The van der Waals surface area contributed by atoms with Crippen molar-refractivity contribution in [3.05, 3.63) is 0 Å². The fourth-order valence-electron chi connectivity index (χ4n) is 3.92. The van der Waals surface area contributed by atoms with Crippen LogP contribution in [-0.4, -0.2) is 54.9 Å². The minimum Gasteiger partial charge on any atom is -0.304 e. The van der Waals surface area contributed by atoms with Gasteiger partial charge in [-0.3, -0.25) is 0 Å². The van der Waals surface area contributed by atoms with Gasteiger partial charge in [0.2, 0.25) is 0 Å². The summed E-state index contributed by atoms with van der Waals surface area (Å²) >= 11 is 3.76. The Morgan fingerprint density at radius 1 is 0.889 bits per heavy atom. The van der Waals surface area contributed by atoms with Gasteiger partial charge in [-0.15, -0.1) is 0 Å². The maximum Gasteiger partial charge on any atom is 0.0330 e. The highest BCUT2D eigenvalue weighted by Gasteiger charge is 2.41. The molecule has 0 bridgehead atoms. The van der Waals surface area contributed by atoms with Gasteiger partial charge in [-0.1, -0.05) is 28.8 Å². The molecule has 0 heterocycles. The van der Waals surface area contributed by atoms with Crippen molar-refractivity contribution in [3.8, 4) is 0 Å². The monoisotopic (exact) mass is 316 g/mol. The molecule has 2 rings (SSSR count). The van der Waals surface area contributed by atoms with Crippen LogP contribution in [0, 0.1) is 5.41 Å². The second kappa shape index (κ2) is 5.80. The van der Waals surface area contributed by atoms with E-state index < -0.39 is 0 Å². The third kappa shape index (κ3) is 2.94. The van der Waals surface area contributed by atoms with Gasteiger partial charge in [0.05, 0.1) is 0 Å². The number of hydrogen-bond acceptors (Lipinski definition) is 2. The van der Waals surface area contributed by atoms with Gasteiger partial charge in [0.25, 0.3) is 0 Å². The Morgan fingerprint density at radius 3 is 1.89 bits per heavy atom. The molecule has 18 heavy (non-hydrogen) atoms. The van der Waals surface area contributed by atoms with E-state index in [-0.39, 0.29) is 0 Å². The number of alkyl halides is 1.